The Balaban J connectivity index is 1.66. The predicted octanol–water partition coefficient (Wildman–Crippen LogP) is 3.90. The molecule has 2 aromatic heterocycles. The van der Waals surface area contributed by atoms with Crippen LogP contribution in [0.4, 0.5) is 5.69 Å². The molecule has 1 atom stereocenters. The Morgan fingerprint density at radius 1 is 1.08 bits per heavy atom. The molecule has 3 N–H and O–H groups in total. The fourth-order valence-electron chi connectivity index (χ4n) is 4.34. The number of aromatic amines is 1. The predicted molar refractivity (Wildman–Crippen MR) is 147 cm³/mol. The third-order valence-electron chi connectivity index (χ3n) is 6.41. The minimum atomic E-state index is -4.05. The third kappa shape index (κ3) is 6.65. The fourth-order valence-corrected chi connectivity index (χ4v) is 5.41. The molecular weight excluding hydrogens is 514 g/mol. The molecule has 0 aliphatic carbocycles. The van der Waals surface area contributed by atoms with E-state index in [2.05, 4.69) is 26.1 Å². The number of hydrogen-bond donors (Lipinski definition) is 3. The van der Waals surface area contributed by atoms with E-state index in [4.69, 9.17) is 0 Å². The second-order valence-electron chi connectivity index (χ2n) is 9.10. The number of pyridine rings is 2. The molecule has 0 aliphatic rings. The summed E-state index contributed by atoms with van der Waals surface area (Å²) in [4.78, 5) is 31.1. The minimum Gasteiger partial charge on any atom is -0.328 e. The number of H-pyrrole nitrogens is 1. The highest BCUT2D eigenvalue weighted by atomic mass is 32.2. The summed E-state index contributed by atoms with van der Waals surface area (Å²) in [7, 11) is -4.05. The van der Waals surface area contributed by atoms with Crippen molar-refractivity contribution in [3.05, 3.63) is 123 Å². The maximum Gasteiger partial charge on any atom is 0.268 e. The van der Waals surface area contributed by atoms with Crippen molar-refractivity contribution in [3.63, 3.8) is 0 Å². The number of nitrogens with one attached hydrogen (secondary N) is 3. The van der Waals surface area contributed by atoms with Crippen molar-refractivity contribution in [3.8, 4) is 6.07 Å². The zero-order chi connectivity index (χ0) is 28.0. The van der Waals surface area contributed by atoms with E-state index in [-0.39, 0.29) is 29.7 Å². The number of benzene rings is 2. The summed E-state index contributed by atoms with van der Waals surface area (Å²) in [6, 6.07) is 19.3. The SMILES string of the molecule is Cc1ccc([C@H](CC(=O)Nc2cccnc2)c2ccc(C#N)cc2C)cc1CNS(=O)(=O)c1ccc[nH]c1=O. The number of aromatic nitrogens is 2. The van der Waals surface area contributed by atoms with Gasteiger partial charge in [-0.05, 0) is 78.1 Å². The smallest absolute Gasteiger partial charge is 0.268 e. The van der Waals surface area contributed by atoms with Gasteiger partial charge in [0.05, 0.1) is 23.5 Å². The molecule has 0 fully saturated rings. The van der Waals surface area contributed by atoms with E-state index in [1.54, 1.807) is 36.7 Å². The van der Waals surface area contributed by atoms with Crippen LogP contribution in [0.25, 0.3) is 0 Å². The number of nitriles is 1. The number of aryl methyl sites for hydroxylation is 2. The number of nitrogens with zero attached hydrogens (tertiary/aromatic N) is 2. The van der Waals surface area contributed by atoms with Crippen molar-refractivity contribution in [2.24, 2.45) is 0 Å². The number of carbonyl (C=O) groups excluding carboxylic acids is 1. The number of hydrogen-bond acceptors (Lipinski definition) is 6. The van der Waals surface area contributed by atoms with Gasteiger partial charge in [0, 0.05) is 31.3 Å². The largest absolute Gasteiger partial charge is 0.328 e. The van der Waals surface area contributed by atoms with E-state index in [0.717, 1.165) is 22.3 Å². The highest BCUT2D eigenvalue weighted by Gasteiger charge is 2.23. The van der Waals surface area contributed by atoms with Gasteiger partial charge in [-0.15, -0.1) is 0 Å². The fraction of sp³-hybridized carbons (Fsp3) is 0.172. The topological polar surface area (TPSA) is 145 Å². The number of anilines is 1. The molecule has 10 heteroatoms. The van der Waals surface area contributed by atoms with Crippen LogP contribution in [0.5, 0.6) is 0 Å². The van der Waals surface area contributed by atoms with Crippen LogP contribution in [0.15, 0.2) is 88.9 Å². The lowest BCUT2D eigenvalue weighted by molar-refractivity contribution is -0.116. The van der Waals surface area contributed by atoms with Crippen molar-refractivity contribution >= 4 is 21.6 Å². The van der Waals surface area contributed by atoms with E-state index >= 15 is 0 Å². The minimum absolute atomic E-state index is 0.0444. The van der Waals surface area contributed by atoms with Gasteiger partial charge in [-0.2, -0.15) is 5.26 Å². The Morgan fingerprint density at radius 2 is 1.90 bits per heavy atom. The molecule has 9 nitrogen and oxygen atoms in total. The van der Waals surface area contributed by atoms with Crippen molar-refractivity contribution in [2.45, 2.75) is 37.6 Å². The molecule has 4 rings (SSSR count). The summed E-state index contributed by atoms with van der Waals surface area (Å²) in [6.07, 6.45) is 4.66. The zero-order valence-corrected chi connectivity index (χ0v) is 22.2. The number of sulfonamides is 1. The van der Waals surface area contributed by atoms with Crippen molar-refractivity contribution < 1.29 is 13.2 Å². The Bertz CT molecular complexity index is 1710. The van der Waals surface area contributed by atoms with Gasteiger partial charge in [-0.3, -0.25) is 14.6 Å². The Labute approximate surface area is 226 Å². The standard InChI is InChI=1S/C29H27N5O4S/c1-19-7-9-22(14-23(19)17-33-39(37,38)27-6-4-12-32-29(27)36)26(25-10-8-21(16-30)13-20(25)2)15-28(35)34-24-5-3-11-31-18-24/h3-14,18,26,33H,15,17H2,1-2H3,(H,32,36)(H,34,35)/t26-/m0/s1. The Kier molecular flexibility index (Phi) is 8.34. The summed E-state index contributed by atoms with van der Waals surface area (Å²) in [6.45, 7) is 3.71. The molecule has 0 aliphatic heterocycles. The van der Waals surface area contributed by atoms with E-state index in [1.165, 1.54) is 18.3 Å². The van der Waals surface area contributed by atoms with E-state index in [9.17, 15) is 23.3 Å². The van der Waals surface area contributed by atoms with Gasteiger partial charge in [0.25, 0.3) is 5.56 Å². The maximum absolute atomic E-state index is 13.1. The van der Waals surface area contributed by atoms with Crippen LogP contribution in [0, 0.1) is 25.2 Å². The van der Waals surface area contributed by atoms with Gasteiger partial charge in [-0.1, -0.05) is 24.3 Å². The first-order valence-electron chi connectivity index (χ1n) is 12.2. The molecule has 0 spiro atoms. The summed E-state index contributed by atoms with van der Waals surface area (Å²) < 4.78 is 28.1. The Morgan fingerprint density at radius 3 is 2.59 bits per heavy atom. The monoisotopic (exact) mass is 541 g/mol. The van der Waals surface area contributed by atoms with E-state index < -0.39 is 15.6 Å². The van der Waals surface area contributed by atoms with Gasteiger partial charge in [-0.25, -0.2) is 13.1 Å². The van der Waals surface area contributed by atoms with Crippen LogP contribution in [-0.2, 0) is 21.4 Å². The molecule has 0 radical (unpaired) electrons. The average Bonchev–Trinajstić information content (AvgIpc) is 2.92. The summed E-state index contributed by atoms with van der Waals surface area (Å²) in [5.41, 5.74) is 4.48. The van der Waals surface area contributed by atoms with Gasteiger partial charge in [0.2, 0.25) is 15.9 Å². The Hall–Kier alpha value is -4.59. The van der Waals surface area contributed by atoms with E-state index in [0.29, 0.717) is 16.8 Å². The molecule has 4 aromatic rings. The average molecular weight is 542 g/mol. The van der Waals surface area contributed by atoms with Gasteiger partial charge < -0.3 is 10.3 Å². The lowest BCUT2D eigenvalue weighted by Gasteiger charge is -2.22. The van der Waals surface area contributed by atoms with Gasteiger partial charge in [0.15, 0.2) is 0 Å². The first kappa shape index (κ1) is 27.4. The maximum atomic E-state index is 13.1. The first-order valence-corrected chi connectivity index (χ1v) is 13.6. The zero-order valence-electron chi connectivity index (χ0n) is 21.4. The number of rotatable bonds is 9. The molecular formula is C29H27N5O4S. The lowest BCUT2D eigenvalue weighted by atomic mass is 9.84. The van der Waals surface area contributed by atoms with Crippen LogP contribution >= 0.6 is 0 Å². The van der Waals surface area contributed by atoms with Crippen LogP contribution in [-0.4, -0.2) is 24.3 Å². The van der Waals surface area contributed by atoms with E-state index in [1.807, 2.05) is 38.1 Å². The van der Waals surface area contributed by atoms with Crippen LogP contribution in [0.1, 0.15) is 45.7 Å². The normalized spacial score (nSPS) is 11.9. The van der Waals surface area contributed by atoms with Crippen molar-refractivity contribution in [1.82, 2.24) is 14.7 Å². The quantitative estimate of drug-likeness (QED) is 0.293. The third-order valence-corrected chi connectivity index (χ3v) is 7.83. The molecule has 1 amide bonds. The van der Waals surface area contributed by atoms with Crippen LogP contribution < -0.4 is 15.6 Å². The second-order valence-corrected chi connectivity index (χ2v) is 10.8. The van der Waals surface area contributed by atoms with Crippen molar-refractivity contribution in [1.29, 1.82) is 5.26 Å². The molecule has 2 heterocycles. The van der Waals surface area contributed by atoms with Crippen LogP contribution in [0.3, 0.4) is 0 Å². The molecule has 0 saturated heterocycles. The van der Waals surface area contributed by atoms with Crippen LogP contribution in [0.2, 0.25) is 0 Å². The van der Waals surface area contributed by atoms with Gasteiger partial charge in [0.1, 0.15) is 4.90 Å². The summed E-state index contributed by atoms with van der Waals surface area (Å²) in [5, 5.41) is 12.2. The number of amides is 1. The number of carbonyl (C=O) groups is 1. The first-order chi connectivity index (χ1) is 18.7. The summed E-state index contributed by atoms with van der Waals surface area (Å²) >= 11 is 0. The highest BCUT2D eigenvalue weighted by Crippen LogP contribution is 2.32. The molecule has 39 heavy (non-hydrogen) atoms. The molecule has 2 aromatic carbocycles. The molecule has 0 unspecified atom stereocenters. The molecule has 0 saturated carbocycles. The lowest BCUT2D eigenvalue weighted by Crippen LogP contribution is -2.29. The van der Waals surface area contributed by atoms with Gasteiger partial charge >= 0.3 is 0 Å². The second kappa shape index (κ2) is 11.9. The molecule has 198 valence electrons. The highest BCUT2D eigenvalue weighted by molar-refractivity contribution is 7.89. The molecule has 0 bridgehead atoms. The summed E-state index contributed by atoms with van der Waals surface area (Å²) in [5.74, 6) is -0.592. The van der Waals surface area contributed by atoms with Crippen molar-refractivity contribution in [2.75, 3.05) is 5.32 Å².